The van der Waals surface area contributed by atoms with Gasteiger partial charge in [-0.1, -0.05) is 29.3 Å². The molecule has 0 aliphatic carbocycles. The topological polar surface area (TPSA) is 98.2 Å². The number of aromatic nitrogens is 2. The standard InChI is InChI=1S/C12H9Cl2N3O4S/c1-21-11(18)7-3-2-4-8(5-7)22(19,20)17-12-15-9(13)6-10(14)16-12/h2-6H,1H3,(H,15,16,17). The number of hydrogen-bond acceptors (Lipinski definition) is 6. The zero-order valence-corrected chi connectivity index (χ0v) is 13.4. The van der Waals surface area contributed by atoms with Gasteiger partial charge in [-0.15, -0.1) is 0 Å². The Labute approximate surface area is 136 Å². The van der Waals surface area contributed by atoms with E-state index >= 15 is 0 Å². The van der Waals surface area contributed by atoms with Gasteiger partial charge in [0.05, 0.1) is 17.6 Å². The van der Waals surface area contributed by atoms with Gasteiger partial charge in [-0.05, 0) is 18.2 Å². The number of benzene rings is 1. The molecule has 22 heavy (non-hydrogen) atoms. The lowest BCUT2D eigenvalue weighted by atomic mass is 10.2. The SMILES string of the molecule is COC(=O)c1cccc(S(=O)(=O)Nc2nc(Cl)cc(Cl)n2)c1. The number of rotatable bonds is 4. The van der Waals surface area contributed by atoms with E-state index in [9.17, 15) is 13.2 Å². The highest BCUT2D eigenvalue weighted by Gasteiger charge is 2.18. The summed E-state index contributed by atoms with van der Waals surface area (Å²) in [5.74, 6) is -0.930. The van der Waals surface area contributed by atoms with Gasteiger partial charge in [-0.2, -0.15) is 0 Å². The van der Waals surface area contributed by atoms with Crippen LogP contribution in [0.1, 0.15) is 10.4 Å². The van der Waals surface area contributed by atoms with Crippen LogP contribution in [0, 0.1) is 0 Å². The minimum atomic E-state index is -4.01. The number of carbonyl (C=O) groups is 1. The third-order valence-electron chi connectivity index (χ3n) is 2.45. The Kier molecular flexibility index (Phi) is 4.84. The average molecular weight is 362 g/mol. The lowest BCUT2D eigenvalue weighted by Gasteiger charge is -2.08. The van der Waals surface area contributed by atoms with Gasteiger partial charge in [0.1, 0.15) is 10.3 Å². The summed E-state index contributed by atoms with van der Waals surface area (Å²) in [5, 5.41) is -0.0259. The van der Waals surface area contributed by atoms with Crippen LogP contribution in [0.4, 0.5) is 5.95 Å². The number of methoxy groups -OCH3 is 1. The van der Waals surface area contributed by atoms with Gasteiger partial charge < -0.3 is 4.74 Å². The van der Waals surface area contributed by atoms with Crippen molar-refractivity contribution in [2.75, 3.05) is 11.8 Å². The maximum absolute atomic E-state index is 12.3. The molecule has 0 radical (unpaired) electrons. The number of carbonyl (C=O) groups excluding carboxylic acids is 1. The Morgan fingerprint density at radius 1 is 1.18 bits per heavy atom. The Hall–Kier alpha value is -1.90. The smallest absolute Gasteiger partial charge is 0.337 e. The van der Waals surface area contributed by atoms with Crippen molar-refractivity contribution in [2.24, 2.45) is 0 Å². The second-order valence-corrected chi connectivity index (χ2v) is 6.42. The number of nitrogens with one attached hydrogen (secondary N) is 1. The molecule has 1 aromatic heterocycles. The lowest BCUT2D eigenvalue weighted by Crippen LogP contribution is -2.16. The molecule has 0 amide bonds. The molecule has 0 unspecified atom stereocenters. The van der Waals surface area contributed by atoms with Crippen molar-refractivity contribution >= 4 is 45.1 Å². The van der Waals surface area contributed by atoms with E-state index in [0.29, 0.717) is 0 Å². The molecule has 0 spiro atoms. The molecule has 2 rings (SSSR count). The van der Waals surface area contributed by atoms with E-state index in [1.54, 1.807) is 0 Å². The molecule has 0 saturated heterocycles. The average Bonchev–Trinajstić information content (AvgIpc) is 2.45. The van der Waals surface area contributed by atoms with Crippen LogP contribution in [-0.2, 0) is 14.8 Å². The molecule has 2 aromatic rings. The van der Waals surface area contributed by atoms with Crippen LogP contribution >= 0.6 is 23.2 Å². The molecule has 0 aliphatic heterocycles. The fraction of sp³-hybridized carbons (Fsp3) is 0.0833. The van der Waals surface area contributed by atoms with Gasteiger partial charge in [-0.3, -0.25) is 0 Å². The largest absolute Gasteiger partial charge is 0.465 e. The summed E-state index contributed by atoms with van der Waals surface area (Å²) < 4.78 is 31.2. The zero-order valence-electron chi connectivity index (χ0n) is 11.1. The first kappa shape index (κ1) is 16.5. The molecule has 1 heterocycles. The molecular weight excluding hydrogens is 353 g/mol. The van der Waals surface area contributed by atoms with E-state index in [0.717, 1.165) is 0 Å². The van der Waals surface area contributed by atoms with Gasteiger partial charge >= 0.3 is 5.97 Å². The molecule has 1 N–H and O–H groups in total. The van der Waals surface area contributed by atoms with E-state index < -0.39 is 16.0 Å². The molecule has 116 valence electrons. The Bertz CT molecular complexity index is 807. The number of hydrogen-bond donors (Lipinski definition) is 1. The number of halogens is 2. The maximum Gasteiger partial charge on any atom is 0.337 e. The molecule has 0 aliphatic rings. The Morgan fingerprint density at radius 3 is 2.41 bits per heavy atom. The predicted octanol–water partition coefficient (Wildman–Crippen LogP) is 2.37. The number of anilines is 1. The second kappa shape index (κ2) is 6.47. The quantitative estimate of drug-likeness (QED) is 0.662. The fourth-order valence-electron chi connectivity index (χ4n) is 1.52. The fourth-order valence-corrected chi connectivity index (χ4v) is 2.93. The van der Waals surface area contributed by atoms with Gasteiger partial charge in [0.15, 0.2) is 0 Å². The summed E-state index contributed by atoms with van der Waals surface area (Å²) in [6.07, 6.45) is 0. The number of esters is 1. The van der Waals surface area contributed by atoms with Crippen LogP contribution in [0.5, 0.6) is 0 Å². The first-order valence-electron chi connectivity index (χ1n) is 5.73. The van der Waals surface area contributed by atoms with E-state index in [1.807, 2.05) is 0 Å². The molecule has 0 saturated carbocycles. The first-order valence-corrected chi connectivity index (χ1v) is 7.97. The summed E-state index contributed by atoms with van der Waals surface area (Å²) in [7, 11) is -2.81. The van der Waals surface area contributed by atoms with Crippen molar-refractivity contribution in [3.63, 3.8) is 0 Å². The second-order valence-electron chi connectivity index (χ2n) is 3.96. The highest BCUT2D eigenvalue weighted by Crippen LogP contribution is 2.18. The van der Waals surface area contributed by atoms with Gasteiger partial charge in [-0.25, -0.2) is 27.9 Å². The maximum atomic E-state index is 12.3. The predicted molar refractivity (Wildman–Crippen MR) is 80.6 cm³/mol. The van der Waals surface area contributed by atoms with E-state index in [-0.39, 0.29) is 26.7 Å². The Balaban J connectivity index is 2.36. The van der Waals surface area contributed by atoms with E-state index in [2.05, 4.69) is 19.4 Å². The number of sulfonamides is 1. The number of nitrogens with zero attached hydrogens (tertiary/aromatic N) is 2. The molecule has 0 fully saturated rings. The Morgan fingerprint density at radius 2 is 1.82 bits per heavy atom. The van der Waals surface area contributed by atoms with Crippen molar-refractivity contribution in [3.05, 3.63) is 46.2 Å². The van der Waals surface area contributed by atoms with Crippen molar-refractivity contribution in [3.8, 4) is 0 Å². The normalized spacial score (nSPS) is 11.0. The van der Waals surface area contributed by atoms with Crippen molar-refractivity contribution in [2.45, 2.75) is 4.90 Å². The third kappa shape index (κ3) is 3.85. The van der Waals surface area contributed by atoms with Gasteiger partial charge in [0, 0.05) is 6.07 Å². The van der Waals surface area contributed by atoms with Crippen LogP contribution in [0.3, 0.4) is 0 Å². The van der Waals surface area contributed by atoms with Crippen LogP contribution in [-0.4, -0.2) is 31.5 Å². The molecule has 10 heteroatoms. The summed E-state index contributed by atoms with van der Waals surface area (Å²) in [6, 6.07) is 6.57. The number of ether oxygens (including phenoxy) is 1. The van der Waals surface area contributed by atoms with Crippen LogP contribution < -0.4 is 4.72 Å². The van der Waals surface area contributed by atoms with Gasteiger partial charge in [0.2, 0.25) is 5.95 Å². The highest BCUT2D eigenvalue weighted by molar-refractivity contribution is 7.92. The van der Waals surface area contributed by atoms with Crippen LogP contribution in [0.15, 0.2) is 35.2 Å². The molecule has 0 bridgehead atoms. The summed E-state index contributed by atoms with van der Waals surface area (Å²) in [6.45, 7) is 0. The van der Waals surface area contributed by atoms with Gasteiger partial charge in [0.25, 0.3) is 10.0 Å². The molecular formula is C12H9Cl2N3O4S. The highest BCUT2D eigenvalue weighted by atomic mass is 35.5. The monoisotopic (exact) mass is 361 g/mol. The minimum Gasteiger partial charge on any atom is -0.465 e. The van der Waals surface area contributed by atoms with Crippen LogP contribution in [0.2, 0.25) is 10.3 Å². The van der Waals surface area contributed by atoms with Crippen molar-refractivity contribution in [1.29, 1.82) is 0 Å². The summed E-state index contributed by atoms with van der Waals surface area (Å²) >= 11 is 11.4. The lowest BCUT2D eigenvalue weighted by molar-refractivity contribution is 0.0600. The molecule has 0 atom stereocenters. The zero-order chi connectivity index (χ0) is 16.3. The molecule has 7 nitrogen and oxygen atoms in total. The minimum absolute atomic E-state index is 0.0130. The summed E-state index contributed by atoms with van der Waals surface area (Å²) in [4.78, 5) is 18.7. The third-order valence-corrected chi connectivity index (χ3v) is 4.17. The van der Waals surface area contributed by atoms with Crippen LogP contribution in [0.25, 0.3) is 0 Å². The first-order chi connectivity index (χ1) is 10.3. The summed E-state index contributed by atoms with van der Waals surface area (Å²) in [5.41, 5.74) is 0.0930. The van der Waals surface area contributed by atoms with E-state index in [4.69, 9.17) is 23.2 Å². The van der Waals surface area contributed by atoms with Crippen molar-refractivity contribution in [1.82, 2.24) is 9.97 Å². The van der Waals surface area contributed by atoms with Crippen molar-refractivity contribution < 1.29 is 17.9 Å². The molecule has 1 aromatic carbocycles. The van der Waals surface area contributed by atoms with E-state index in [1.165, 1.54) is 37.4 Å².